The van der Waals surface area contributed by atoms with Gasteiger partial charge in [0.15, 0.2) is 0 Å². The largest absolute Gasteiger partial charge is 0.377 e. The van der Waals surface area contributed by atoms with E-state index in [1.807, 2.05) is 18.7 Å². The van der Waals surface area contributed by atoms with Crippen LogP contribution in [0.15, 0.2) is 0 Å². The second-order valence-corrected chi connectivity index (χ2v) is 6.17. The molecule has 1 amide bonds. The first-order chi connectivity index (χ1) is 8.96. The Balaban J connectivity index is 2.05. The van der Waals surface area contributed by atoms with Gasteiger partial charge in [0.05, 0.1) is 23.7 Å². The van der Waals surface area contributed by atoms with Crippen molar-refractivity contribution in [3.63, 3.8) is 0 Å². The molecular formula is C14H26N2O3. The number of carbonyl (C=O) groups excluding carboxylic acids is 1. The molecule has 0 radical (unpaired) electrons. The number of rotatable bonds is 3. The molecule has 3 unspecified atom stereocenters. The maximum absolute atomic E-state index is 12.7. The van der Waals surface area contributed by atoms with E-state index in [-0.39, 0.29) is 29.6 Å². The van der Waals surface area contributed by atoms with Crippen molar-refractivity contribution in [1.82, 2.24) is 4.90 Å². The lowest BCUT2D eigenvalue weighted by Gasteiger charge is -2.43. The summed E-state index contributed by atoms with van der Waals surface area (Å²) in [5.74, 6) is 0.219. The van der Waals surface area contributed by atoms with Crippen LogP contribution in [0.4, 0.5) is 0 Å². The Kier molecular flexibility index (Phi) is 4.48. The van der Waals surface area contributed by atoms with E-state index < -0.39 is 0 Å². The summed E-state index contributed by atoms with van der Waals surface area (Å²) in [5, 5.41) is 0. The average Bonchev–Trinajstić information content (AvgIpc) is 2.84. The molecule has 2 fully saturated rings. The molecule has 0 spiro atoms. The Hall–Kier alpha value is -0.650. The molecule has 3 atom stereocenters. The van der Waals surface area contributed by atoms with Crippen LogP contribution < -0.4 is 5.73 Å². The van der Waals surface area contributed by atoms with Crippen molar-refractivity contribution in [3.8, 4) is 0 Å². The number of nitrogens with zero attached hydrogens (tertiary/aromatic N) is 1. The monoisotopic (exact) mass is 270 g/mol. The summed E-state index contributed by atoms with van der Waals surface area (Å²) in [6, 6.07) is 0. The van der Waals surface area contributed by atoms with Gasteiger partial charge in [-0.15, -0.1) is 0 Å². The zero-order valence-electron chi connectivity index (χ0n) is 12.2. The summed E-state index contributed by atoms with van der Waals surface area (Å²) in [6.45, 7) is 8.48. The lowest BCUT2D eigenvalue weighted by Crippen LogP contribution is -2.57. The second kappa shape index (κ2) is 5.77. The smallest absolute Gasteiger partial charge is 0.228 e. The number of morpholine rings is 1. The standard InChI is InChI=1S/C14H26N2O3/c1-4-12-11(5-6-18-12)13(17)16-8-10(7-15)19-14(2,3)9-16/h10-12H,4-9,15H2,1-3H3. The minimum absolute atomic E-state index is 0.0114. The van der Waals surface area contributed by atoms with Crippen LogP contribution in [0, 0.1) is 5.92 Å². The van der Waals surface area contributed by atoms with Crippen LogP contribution in [0.25, 0.3) is 0 Å². The lowest BCUT2D eigenvalue weighted by atomic mass is 9.96. The molecule has 19 heavy (non-hydrogen) atoms. The van der Waals surface area contributed by atoms with Gasteiger partial charge in [0.2, 0.25) is 5.91 Å². The van der Waals surface area contributed by atoms with E-state index >= 15 is 0 Å². The van der Waals surface area contributed by atoms with Gasteiger partial charge in [-0.1, -0.05) is 6.92 Å². The Morgan fingerprint density at radius 2 is 2.21 bits per heavy atom. The van der Waals surface area contributed by atoms with Crippen LogP contribution in [-0.2, 0) is 14.3 Å². The summed E-state index contributed by atoms with van der Waals surface area (Å²) in [5.41, 5.74) is 5.39. The average molecular weight is 270 g/mol. The van der Waals surface area contributed by atoms with Gasteiger partial charge in [-0.3, -0.25) is 4.79 Å². The van der Waals surface area contributed by atoms with Gasteiger partial charge in [-0.05, 0) is 26.7 Å². The predicted octanol–water partition coefficient (Wildman–Crippen LogP) is 0.766. The Labute approximate surface area is 115 Å². The minimum atomic E-state index is -0.320. The van der Waals surface area contributed by atoms with E-state index in [0.717, 1.165) is 12.8 Å². The molecular weight excluding hydrogens is 244 g/mol. The zero-order valence-corrected chi connectivity index (χ0v) is 12.2. The molecule has 0 saturated carbocycles. The molecule has 0 aromatic rings. The van der Waals surface area contributed by atoms with Gasteiger partial charge in [0, 0.05) is 26.2 Å². The van der Waals surface area contributed by atoms with Crippen molar-refractivity contribution in [2.45, 2.75) is 51.4 Å². The molecule has 0 aliphatic carbocycles. The van der Waals surface area contributed by atoms with Crippen LogP contribution in [0.2, 0.25) is 0 Å². The first-order valence-corrected chi connectivity index (χ1v) is 7.25. The molecule has 5 heteroatoms. The Morgan fingerprint density at radius 1 is 1.47 bits per heavy atom. The number of nitrogens with two attached hydrogens (primary N) is 1. The number of carbonyl (C=O) groups is 1. The molecule has 0 bridgehead atoms. The van der Waals surface area contributed by atoms with E-state index in [0.29, 0.717) is 26.2 Å². The molecule has 0 aromatic heterocycles. The minimum Gasteiger partial charge on any atom is -0.377 e. The van der Waals surface area contributed by atoms with Crippen molar-refractivity contribution >= 4 is 5.91 Å². The third kappa shape index (κ3) is 3.27. The first kappa shape index (κ1) is 14.8. The van der Waals surface area contributed by atoms with Gasteiger partial charge in [0.1, 0.15) is 0 Å². The summed E-state index contributed by atoms with van der Waals surface area (Å²) in [4.78, 5) is 14.6. The third-order valence-corrected chi connectivity index (χ3v) is 3.99. The Bertz CT molecular complexity index is 333. The zero-order chi connectivity index (χ0) is 14.0. The third-order valence-electron chi connectivity index (χ3n) is 3.99. The molecule has 2 rings (SSSR count). The van der Waals surface area contributed by atoms with Crippen molar-refractivity contribution in [2.24, 2.45) is 11.7 Å². The van der Waals surface area contributed by atoms with Crippen LogP contribution in [0.5, 0.6) is 0 Å². The number of amides is 1. The molecule has 2 heterocycles. The molecule has 2 aliphatic heterocycles. The summed E-state index contributed by atoms with van der Waals surface area (Å²) >= 11 is 0. The normalized spacial score (nSPS) is 34.5. The van der Waals surface area contributed by atoms with Gasteiger partial charge in [-0.25, -0.2) is 0 Å². The highest BCUT2D eigenvalue weighted by molar-refractivity contribution is 5.80. The molecule has 110 valence electrons. The number of ether oxygens (including phenoxy) is 2. The van der Waals surface area contributed by atoms with Crippen molar-refractivity contribution in [1.29, 1.82) is 0 Å². The molecule has 5 nitrogen and oxygen atoms in total. The van der Waals surface area contributed by atoms with Crippen LogP contribution >= 0.6 is 0 Å². The van der Waals surface area contributed by atoms with Gasteiger partial charge in [-0.2, -0.15) is 0 Å². The maximum Gasteiger partial charge on any atom is 0.228 e. The van der Waals surface area contributed by atoms with Crippen molar-refractivity contribution in [3.05, 3.63) is 0 Å². The molecule has 0 aromatic carbocycles. The fraction of sp³-hybridized carbons (Fsp3) is 0.929. The van der Waals surface area contributed by atoms with Crippen LogP contribution in [0.1, 0.15) is 33.6 Å². The van der Waals surface area contributed by atoms with Crippen molar-refractivity contribution in [2.75, 3.05) is 26.2 Å². The van der Waals surface area contributed by atoms with E-state index in [9.17, 15) is 4.79 Å². The topological polar surface area (TPSA) is 64.8 Å². The van der Waals surface area contributed by atoms with Crippen LogP contribution in [-0.4, -0.2) is 54.9 Å². The van der Waals surface area contributed by atoms with E-state index in [4.69, 9.17) is 15.2 Å². The highest BCUT2D eigenvalue weighted by Gasteiger charge is 2.40. The highest BCUT2D eigenvalue weighted by atomic mass is 16.5. The second-order valence-electron chi connectivity index (χ2n) is 6.17. The van der Waals surface area contributed by atoms with Crippen LogP contribution in [0.3, 0.4) is 0 Å². The van der Waals surface area contributed by atoms with E-state index in [2.05, 4.69) is 6.92 Å². The molecule has 2 saturated heterocycles. The fourth-order valence-corrected chi connectivity index (χ4v) is 3.15. The Morgan fingerprint density at radius 3 is 2.84 bits per heavy atom. The highest BCUT2D eigenvalue weighted by Crippen LogP contribution is 2.28. The maximum atomic E-state index is 12.7. The SMILES string of the molecule is CCC1OCCC1C(=O)N1CC(CN)OC(C)(C)C1. The first-order valence-electron chi connectivity index (χ1n) is 7.25. The fourth-order valence-electron chi connectivity index (χ4n) is 3.15. The quantitative estimate of drug-likeness (QED) is 0.822. The van der Waals surface area contributed by atoms with Gasteiger partial charge >= 0.3 is 0 Å². The number of hydrogen-bond donors (Lipinski definition) is 1. The summed E-state index contributed by atoms with van der Waals surface area (Å²) in [6.07, 6.45) is 1.75. The summed E-state index contributed by atoms with van der Waals surface area (Å²) in [7, 11) is 0. The molecule has 2 N–H and O–H groups in total. The van der Waals surface area contributed by atoms with E-state index in [1.54, 1.807) is 0 Å². The van der Waals surface area contributed by atoms with Crippen molar-refractivity contribution < 1.29 is 14.3 Å². The predicted molar refractivity (Wildman–Crippen MR) is 72.7 cm³/mol. The lowest BCUT2D eigenvalue weighted by molar-refractivity contribution is -0.164. The van der Waals surface area contributed by atoms with Gasteiger partial charge in [0.25, 0.3) is 0 Å². The number of hydrogen-bond acceptors (Lipinski definition) is 4. The van der Waals surface area contributed by atoms with E-state index in [1.165, 1.54) is 0 Å². The molecule has 2 aliphatic rings. The van der Waals surface area contributed by atoms with Gasteiger partial charge < -0.3 is 20.1 Å². The summed E-state index contributed by atoms with van der Waals surface area (Å²) < 4.78 is 11.5.